The second-order valence-electron chi connectivity index (χ2n) is 10.1. The summed E-state index contributed by atoms with van der Waals surface area (Å²) in [5.74, 6) is 0. The smallest absolute Gasteiger partial charge is 0.0685 e. The molecule has 0 aromatic heterocycles. The standard InChI is InChI=1S/C24H50N2O/c1-8-10-12-13-14-15-16-17-19-27-26-23(3,4)20-22(21-24(26,5)6)25(7)18-11-9-2/h22H,8-21H2,1-7H3. The largest absolute Gasteiger partial charge is 0.303 e. The molecule has 0 amide bonds. The van der Waals surface area contributed by atoms with Crippen LogP contribution in [0.5, 0.6) is 0 Å². The number of hydrogen-bond donors (Lipinski definition) is 0. The summed E-state index contributed by atoms with van der Waals surface area (Å²) in [5, 5.41) is 2.34. The molecule has 0 saturated carbocycles. The maximum Gasteiger partial charge on any atom is 0.0685 e. The normalized spacial score (nSPS) is 20.4. The molecule has 0 spiro atoms. The number of hydroxylamine groups is 2. The Morgan fingerprint density at radius 2 is 1.26 bits per heavy atom. The van der Waals surface area contributed by atoms with E-state index >= 15 is 0 Å². The molecular weight excluding hydrogens is 332 g/mol. The zero-order valence-corrected chi connectivity index (χ0v) is 19.8. The fourth-order valence-corrected chi connectivity index (χ4v) is 4.85. The van der Waals surface area contributed by atoms with Crippen molar-refractivity contribution in [3.63, 3.8) is 0 Å². The molecule has 0 bridgehead atoms. The lowest BCUT2D eigenvalue weighted by Crippen LogP contribution is -2.63. The fourth-order valence-electron chi connectivity index (χ4n) is 4.85. The number of rotatable bonds is 14. The van der Waals surface area contributed by atoms with Gasteiger partial charge in [0.05, 0.1) is 6.61 Å². The summed E-state index contributed by atoms with van der Waals surface area (Å²) in [6.45, 7) is 16.1. The van der Waals surface area contributed by atoms with E-state index in [0.717, 1.165) is 6.61 Å². The zero-order valence-electron chi connectivity index (χ0n) is 19.8. The number of unbranched alkanes of at least 4 members (excludes halogenated alkanes) is 8. The van der Waals surface area contributed by atoms with Crippen molar-refractivity contribution in [2.75, 3.05) is 20.2 Å². The first-order chi connectivity index (χ1) is 12.7. The van der Waals surface area contributed by atoms with Crippen molar-refractivity contribution in [1.82, 2.24) is 9.96 Å². The van der Waals surface area contributed by atoms with Crippen LogP contribution in [0.3, 0.4) is 0 Å². The van der Waals surface area contributed by atoms with E-state index in [-0.39, 0.29) is 11.1 Å². The van der Waals surface area contributed by atoms with Crippen molar-refractivity contribution in [1.29, 1.82) is 0 Å². The van der Waals surface area contributed by atoms with Gasteiger partial charge in [-0.1, -0.05) is 65.2 Å². The Labute approximate surface area is 171 Å². The predicted molar refractivity (Wildman–Crippen MR) is 119 cm³/mol. The minimum absolute atomic E-state index is 0.0903. The van der Waals surface area contributed by atoms with Crippen LogP contribution in [-0.4, -0.2) is 47.3 Å². The molecule has 0 aromatic carbocycles. The molecule has 1 rings (SSSR count). The zero-order chi connectivity index (χ0) is 20.3. The van der Waals surface area contributed by atoms with E-state index in [9.17, 15) is 0 Å². The van der Waals surface area contributed by atoms with Crippen molar-refractivity contribution >= 4 is 0 Å². The van der Waals surface area contributed by atoms with Gasteiger partial charge in [0.25, 0.3) is 0 Å². The van der Waals surface area contributed by atoms with E-state index in [2.05, 4.69) is 58.6 Å². The van der Waals surface area contributed by atoms with Gasteiger partial charge < -0.3 is 4.90 Å². The summed E-state index contributed by atoms with van der Waals surface area (Å²) in [6, 6.07) is 0.657. The van der Waals surface area contributed by atoms with Crippen molar-refractivity contribution in [2.24, 2.45) is 0 Å². The minimum Gasteiger partial charge on any atom is -0.303 e. The van der Waals surface area contributed by atoms with E-state index in [1.54, 1.807) is 0 Å². The first kappa shape index (κ1) is 24.9. The van der Waals surface area contributed by atoms with Crippen LogP contribution in [0.15, 0.2) is 0 Å². The minimum atomic E-state index is 0.0903. The average Bonchev–Trinajstić information content (AvgIpc) is 2.59. The van der Waals surface area contributed by atoms with Gasteiger partial charge in [0, 0.05) is 17.1 Å². The van der Waals surface area contributed by atoms with Gasteiger partial charge in [0.1, 0.15) is 0 Å². The van der Waals surface area contributed by atoms with Crippen LogP contribution < -0.4 is 0 Å². The molecule has 0 aromatic rings. The van der Waals surface area contributed by atoms with Gasteiger partial charge in [0.2, 0.25) is 0 Å². The van der Waals surface area contributed by atoms with Crippen molar-refractivity contribution in [2.45, 2.75) is 136 Å². The molecule has 1 aliphatic heterocycles. The molecule has 0 N–H and O–H groups in total. The lowest BCUT2D eigenvalue weighted by molar-refractivity contribution is -0.288. The van der Waals surface area contributed by atoms with Crippen LogP contribution in [0.1, 0.15) is 119 Å². The van der Waals surface area contributed by atoms with Gasteiger partial charge in [-0.3, -0.25) is 4.84 Å². The average molecular weight is 383 g/mol. The number of piperidine rings is 1. The Hall–Kier alpha value is -0.120. The Balaban J connectivity index is 2.38. The lowest BCUT2D eigenvalue weighted by atomic mass is 9.78. The van der Waals surface area contributed by atoms with Crippen molar-refractivity contribution in [3.8, 4) is 0 Å². The number of nitrogens with zero attached hydrogens (tertiary/aromatic N) is 2. The molecule has 0 atom stereocenters. The highest BCUT2D eigenvalue weighted by atomic mass is 16.7. The monoisotopic (exact) mass is 382 g/mol. The third kappa shape index (κ3) is 8.83. The summed E-state index contributed by atoms with van der Waals surface area (Å²) in [5.41, 5.74) is 0.181. The maximum absolute atomic E-state index is 6.38. The van der Waals surface area contributed by atoms with Gasteiger partial charge in [0.15, 0.2) is 0 Å². The SMILES string of the molecule is CCCCCCCCCCON1C(C)(C)CC(N(C)CCCC)CC1(C)C. The molecule has 1 heterocycles. The summed E-state index contributed by atoms with van der Waals surface area (Å²) in [7, 11) is 2.31. The molecular formula is C24H50N2O. The second kappa shape index (κ2) is 12.4. The Morgan fingerprint density at radius 3 is 1.78 bits per heavy atom. The number of hydrogen-bond acceptors (Lipinski definition) is 3. The molecule has 1 fully saturated rings. The van der Waals surface area contributed by atoms with Crippen LogP contribution >= 0.6 is 0 Å². The third-order valence-electron chi connectivity index (χ3n) is 6.28. The highest BCUT2D eigenvalue weighted by Gasteiger charge is 2.47. The van der Waals surface area contributed by atoms with Gasteiger partial charge in [-0.15, -0.1) is 0 Å². The topological polar surface area (TPSA) is 15.7 Å². The van der Waals surface area contributed by atoms with Crippen LogP contribution in [0, 0.1) is 0 Å². The molecule has 3 nitrogen and oxygen atoms in total. The maximum atomic E-state index is 6.38. The third-order valence-corrected chi connectivity index (χ3v) is 6.28. The Morgan fingerprint density at radius 1 is 0.778 bits per heavy atom. The van der Waals surface area contributed by atoms with Gasteiger partial charge in [-0.2, -0.15) is 5.06 Å². The Bertz CT molecular complexity index is 363. The fraction of sp³-hybridized carbons (Fsp3) is 1.00. The first-order valence-electron chi connectivity index (χ1n) is 11.9. The summed E-state index contributed by atoms with van der Waals surface area (Å²) in [4.78, 5) is 8.97. The predicted octanol–water partition coefficient (Wildman–Crippen LogP) is 6.81. The van der Waals surface area contributed by atoms with E-state index in [0.29, 0.717) is 6.04 Å². The molecule has 0 radical (unpaired) electrons. The van der Waals surface area contributed by atoms with Crippen molar-refractivity contribution < 1.29 is 4.84 Å². The Kier molecular flexibility index (Phi) is 11.5. The van der Waals surface area contributed by atoms with Crippen LogP contribution in [-0.2, 0) is 4.84 Å². The van der Waals surface area contributed by atoms with Gasteiger partial charge in [-0.25, -0.2) is 0 Å². The van der Waals surface area contributed by atoms with Crippen LogP contribution in [0.25, 0.3) is 0 Å². The molecule has 1 saturated heterocycles. The van der Waals surface area contributed by atoms with E-state index in [4.69, 9.17) is 4.84 Å². The highest BCUT2D eigenvalue weighted by Crippen LogP contribution is 2.40. The van der Waals surface area contributed by atoms with E-state index < -0.39 is 0 Å². The van der Waals surface area contributed by atoms with Gasteiger partial charge in [-0.05, 0) is 67.0 Å². The highest BCUT2D eigenvalue weighted by molar-refractivity contribution is 4.99. The molecule has 3 heteroatoms. The van der Waals surface area contributed by atoms with E-state index in [1.807, 2.05) is 0 Å². The first-order valence-corrected chi connectivity index (χ1v) is 11.9. The molecule has 27 heavy (non-hydrogen) atoms. The van der Waals surface area contributed by atoms with Crippen LogP contribution in [0.2, 0.25) is 0 Å². The summed E-state index contributed by atoms with van der Waals surface area (Å²) in [6.07, 6.45) is 15.8. The van der Waals surface area contributed by atoms with Gasteiger partial charge >= 0.3 is 0 Å². The molecule has 1 aliphatic rings. The second-order valence-corrected chi connectivity index (χ2v) is 10.1. The quantitative estimate of drug-likeness (QED) is 0.307. The molecule has 162 valence electrons. The van der Waals surface area contributed by atoms with E-state index in [1.165, 1.54) is 83.6 Å². The van der Waals surface area contributed by atoms with Crippen molar-refractivity contribution in [3.05, 3.63) is 0 Å². The summed E-state index contributed by atoms with van der Waals surface area (Å²) >= 11 is 0. The van der Waals surface area contributed by atoms with Crippen LogP contribution in [0.4, 0.5) is 0 Å². The lowest BCUT2D eigenvalue weighted by Gasteiger charge is -2.55. The molecule has 0 aliphatic carbocycles. The summed E-state index contributed by atoms with van der Waals surface area (Å²) < 4.78 is 0. The molecule has 0 unspecified atom stereocenters.